The Morgan fingerprint density at radius 2 is 0.864 bits per heavy atom. The zero-order valence-corrected chi connectivity index (χ0v) is 39.9. The van der Waals surface area contributed by atoms with Gasteiger partial charge in [-0.15, -0.1) is 0 Å². The Balaban J connectivity index is 0.000000205. The van der Waals surface area contributed by atoms with Crippen molar-refractivity contribution in [2.24, 2.45) is 0 Å². The van der Waals surface area contributed by atoms with E-state index < -0.39 is 0 Å². The lowest BCUT2D eigenvalue weighted by atomic mass is 10.2. The molecule has 0 unspecified atom stereocenters. The zero-order valence-electron chi connectivity index (χ0n) is 33.6. The lowest BCUT2D eigenvalue weighted by Gasteiger charge is -2.22. The summed E-state index contributed by atoms with van der Waals surface area (Å²) in [6.07, 6.45) is 0. The van der Waals surface area contributed by atoms with E-state index in [-0.39, 0.29) is 11.8 Å². The number of aryl methyl sites for hydroxylation is 3. The van der Waals surface area contributed by atoms with Gasteiger partial charge in [-0.1, -0.05) is 137 Å². The zero-order chi connectivity index (χ0) is 43.2. The number of amides is 2. The highest BCUT2D eigenvalue weighted by Crippen LogP contribution is 2.29. The molecule has 7 rings (SSSR count). The molecule has 0 saturated heterocycles. The molecule has 2 amide bonds. The highest BCUT2D eigenvalue weighted by atomic mass is 79.9. The molecule has 0 fully saturated rings. The van der Waals surface area contributed by atoms with E-state index in [4.69, 9.17) is 5.73 Å². The van der Waals surface area contributed by atoms with Gasteiger partial charge in [0.05, 0.1) is 5.69 Å². The summed E-state index contributed by atoms with van der Waals surface area (Å²) in [5.41, 5.74) is 14.6. The maximum Gasteiger partial charge on any atom is 0.228 e. The number of halogens is 4. The average molecular weight is 1040 g/mol. The Labute approximate surface area is 382 Å². The summed E-state index contributed by atoms with van der Waals surface area (Å²) in [5.74, 6) is -0.0371. The van der Waals surface area contributed by atoms with E-state index >= 15 is 0 Å². The van der Waals surface area contributed by atoms with Crippen molar-refractivity contribution in [3.05, 3.63) is 211 Å². The van der Waals surface area contributed by atoms with Crippen molar-refractivity contribution in [2.75, 3.05) is 21.3 Å². The van der Waals surface area contributed by atoms with Crippen LogP contribution in [0.3, 0.4) is 0 Å². The van der Waals surface area contributed by atoms with Gasteiger partial charge >= 0.3 is 0 Å². The molecule has 304 valence electrons. The summed E-state index contributed by atoms with van der Waals surface area (Å²) in [6, 6.07) is 57.1. The van der Waals surface area contributed by atoms with Crippen molar-refractivity contribution >= 4 is 110 Å². The molecule has 0 heterocycles. The number of para-hydroxylation sites is 4. The number of nitrogens with one attached hydrogen (secondary N) is 2. The fourth-order valence-corrected chi connectivity index (χ4v) is 8.03. The predicted octanol–water partition coefficient (Wildman–Crippen LogP) is 15.4. The van der Waals surface area contributed by atoms with Gasteiger partial charge < -0.3 is 16.4 Å². The van der Waals surface area contributed by atoms with Gasteiger partial charge in [0, 0.05) is 60.2 Å². The molecular weight excluding hydrogens is 996 g/mol. The monoisotopic (exact) mass is 1040 g/mol. The van der Waals surface area contributed by atoms with Gasteiger partial charge in [-0.05, 0) is 141 Å². The van der Waals surface area contributed by atoms with Crippen LogP contribution in [0.4, 0.5) is 34.1 Å². The van der Waals surface area contributed by atoms with E-state index in [9.17, 15) is 9.59 Å². The summed E-state index contributed by atoms with van der Waals surface area (Å²) in [6.45, 7) is 9.23. The third-order valence-corrected chi connectivity index (χ3v) is 9.45. The molecule has 6 nitrogen and oxygen atoms in total. The van der Waals surface area contributed by atoms with Crippen LogP contribution >= 0.6 is 63.7 Å². The van der Waals surface area contributed by atoms with E-state index in [1.54, 1.807) is 11.8 Å². The third kappa shape index (κ3) is 20.0. The second-order valence-corrected chi connectivity index (χ2v) is 16.8. The van der Waals surface area contributed by atoms with Crippen molar-refractivity contribution in [1.82, 2.24) is 0 Å². The highest BCUT2D eigenvalue weighted by molar-refractivity contribution is 9.11. The minimum Gasteiger partial charge on any atom is -0.399 e. The van der Waals surface area contributed by atoms with Crippen LogP contribution in [0.5, 0.6) is 0 Å². The first-order valence-electron chi connectivity index (χ1n) is 18.5. The van der Waals surface area contributed by atoms with Crippen LogP contribution < -0.4 is 21.3 Å². The van der Waals surface area contributed by atoms with Gasteiger partial charge in [0.2, 0.25) is 11.8 Å². The number of hydrogen-bond acceptors (Lipinski definition) is 4. The van der Waals surface area contributed by atoms with Crippen LogP contribution in [0.25, 0.3) is 0 Å². The number of nitrogens with zero attached hydrogens (tertiary/aromatic N) is 1. The number of nitrogens with two attached hydrogens (primary N) is 1. The van der Waals surface area contributed by atoms with Gasteiger partial charge in [-0.25, -0.2) is 0 Å². The quantitative estimate of drug-likeness (QED) is 0.150. The van der Waals surface area contributed by atoms with Crippen molar-refractivity contribution in [3.8, 4) is 0 Å². The Morgan fingerprint density at radius 1 is 0.458 bits per heavy atom. The van der Waals surface area contributed by atoms with Crippen LogP contribution in [0, 0.1) is 20.8 Å². The first-order valence-corrected chi connectivity index (χ1v) is 21.6. The van der Waals surface area contributed by atoms with Crippen molar-refractivity contribution in [1.29, 1.82) is 0 Å². The summed E-state index contributed by atoms with van der Waals surface area (Å²) in [7, 11) is 0. The second-order valence-electron chi connectivity index (χ2n) is 13.1. The molecule has 0 aliphatic carbocycles. The normalized spacial score (nSPS) is 9.64. The largest absolute Gasteiger partial charge is 0.399 e. The molecule has 4 N–H and O–H groups in total. The number of hydrogen-bond donors (Lipinski definition) is 3. The maximum absolute atomic E-state index is 11.9. The molecule has 7 aromatic rings. The lowest BCUT2D eigenvalue weighted by molar-refractivity contribution is -0.116. The minimum absolute atomic E-state index is 0.00120. The van der Waals surface area contributed by atoms with Crippen LogP contribution in [-0.4, -0.2) is 11.8 Å². The fraction of sp³-hybridized carbons (Fsp3) is 0.102. The number of benzene rings is 7. The van der Waals surface area contributed by atoms with Crippen LogP contribution in [0.2, 0.25) is 0 Å². The molecule has 0 saturated carbocycles. The number of nitrogen functional groups attached to an aromatic ring is 1. The number of carbonyl (C=O) groups is 2. The highest BCUT2D eigenvalue weighted by Gasteiger charge is 2.14. The van der Waals surface area contributed by atoms with Gasteiger partial charge in [0.1, 0.15) is 0 Å². The van der Waals surface area contributed by atoms with Crippen molar-refractivity contribution < 1.29 is 9.59 Å². The Bertz CT molecular complexity index is 2240. The van der Waals surface area contributed by atoms with E-state index in [1.807, 2.05) is 140 Å². The number of rotatable bonds is 5. The lowest BCUT2D eigenvalue weighted by Crippen LogP contribution is -2.22. The molecule has 10 heteroatoms. The molecule has 0 spiro atoms. The van der Waals surface area contributed by atoms with Crippen LogP contribution in [0.1, 0.15) is 30.5 Å². The van der Waals surface area contributed by atoms with E-state index in [2.05, 4.69) is 131 Å². The smallest absolute Gasteiger partial charge is 0.228 e. The van der Waals surface area contributed by atoms with Crippen molar-refractivity contribution in [3.63, 3.8) is 0 Å². The first kappa shape index (κ1) is 48.4. The molecule has 0 bridgehead atoms. The predicted molar refractivity (Wildman–Crippen MR) is 265 cm³/mol. The SMILES string of the molecule is CC(=O)N(c1ccccc1)c1cc(C)cc(Br)c1.CC(=O)Nc1ccccc1.Cc1cc(Br)cc(Br)c1.Cc1cc(Br)cc(Nc2ccccc2)c1.Nc1ccccc1. The fourth-order valence-electron chi connectivity index (χ4n) is 5.30. The van der Waals surface area contributed by atoms with Gasteiger partial charge in [0.25, 0.3) is 0 Å². The van der Waals surface area contributed by atoms with Gasteiger partial charge in [-0.3, -0.25) is 14.5 Å². The molecule has 0 radical (unpaired) electrons. The summed E-state index contributed by atoms with van der Waals surface area (Å²) < 4.78 is 4.31. The van der Waals surface area contributed by atoms with E-state index in [0.29, 0.717) is 0 Å². The minimum atomic E-state index is -0.0359. The number of anilines is 6. The van der Waals surface area contributed by atoms with Crippen molar-refractivity contribution in [2.45, 2.75) is 34.6 Å². The maximum atomic E-state index is 11.9. The van der Waals surface area contributed by atoms with E-state index in [1.165, 1.54) is 18.1 Å². The van der Waals surface area contributed by atoms with Gasteiger partial charge in [-0.2, -0.15) is 0 Å². The molecule has 0 atom stereocenters. The number of carbonyl (C=O) groups excluding carboxylic acids is 2. The third-order valence-electron chi connectivity index (χ3n) is 7.62. The molecule has 0 aliphatic rings. The average Bonchev–Trinajstić information content (AvgIpc) is 3.16. The molecule has 0 aromatic heterocycles. The molecule has 7 aromatic carbocycles. The van der Waals surface area contributed by atoms with Crippen LogP contribution in [-0.2, 0) is 9.59 Å². The van der Waals surface area contributed by atoms with E-state index in [0.717, 1.165) is 57.6 Å². The summed E-state index contributed by atoms with van der Waals surface area (Å²) >= 11 is 13.7. The Hall–Kier alpha value is -5.00. The topological polar surface area (TPSA) is 87.5 Å². The van der Waals surface area contributed by atoms with Gasteiger partial charge in [0.15, 0.2) is 0 Å². The second kappa shape index (κ2) is 26.2. The Morgan fingerprint density at radius 3 is 1.27 bits per heavy atom. The molecule has 59 heavy (non-hydrogen) atoms. The van der Waals surface area contributed by atoms with Crippen LogP contribution in [0.15, 0.2) is 194 Å². The molecule has 0 aliphatic heterocycles. The first-order chi connectivity index (χ1) is 28.2. The Kier molecular flexibility index (Phi) is 21.5. The molecular formula is C49H48Br4N4O2. The standard InChI is InChI=1S/C15H14BrNO.C13H12BrN.C8H9NO.C7H6Br2.C6H7N/c1-11-8-13(16)10-15(9-11)17(12(2)18)14-6-4-3-5-7-14;1-10-7-11(14)9-13(8-10)15-12-5-3-2-4-6-12;1-7(10)9-8-5-3-2-4-6-8;1-5-2-6(8)4-7(9)3-5;7-6-4-2-1-3-5-6/h3-10H,1-2H3;2-9,15H,1H3;2-6H,1H3,(H,9,10);2-4H,1H3;1-5H,7H2. The summed E-state index contributed by atoms with van der Waals surface area (Å²) in [5, 5.41) is 6.02. The summed E-state index contributed by atoms with van der Waals surface area (Å²) in [4.78, 5) is 24.1.